The van der Waals surface area contributed by atoms with E-state index in [1.54, 1.807) is 37.7 Å². The number of thiazole rings is 1. The van der Waals surface area contributed by atoms with Crippen molar-refractivity contribution < 1.29 is 19.0 Å². The molecule has 0 bridgehead atoms. The van der Waals surface area contributed by atoms with Crippen LogP contribution in [0.1, 0.15) is 61.9 Å². The van der Waals surface area contributed by atoms with Crippen molar-refractivity contribution in [2.45, 2.75) is 46.3 Å². The molecule has 7 nitrogen and oxygen atoms in total. The van der Waals surface area contributed by atoms with E-state index in [4.69, 9.17) is 25.8 Å². The van der Waals surface area contributed by atoms with Crippen LogP contribution in [-0.4, -0.2) is 24.3 Å². The van der Waals surface area contributed by atoms with Crippen LogP contribution < -0.4 is 24.4 Å². The Bertz CT molecular complexity index is 1870. The number of aromatic nitrogens is 1. The molecule has 2 heterocycles. The molecule has 4 aromatic rings. The van der Waals surface area contributed by atoms with Crippen molar-refractivity contribution >= 4 is 35.0 Å². The number of ether oxygens (including phenoxy) is 3. The molecule has 0 aliphatic carbocycles. The SMILES string of the molecule is CCOC(=O)C1=C(C)N=c2s/c(=C\c3ccc(OCc4ccccc4Cl)c(OC)c3)c(=O)n2[C@H]1c1ccc(C(C)C)cc1. The average molecular weight is 617 g/mol. The van der Waals surface area contributed by atoms with Gasteiger partial charge in [0.25, 0.3) is 5.56 Å². The second-order valence-corrected chi connectivity index (χ2v) is 11.8. The fraction of sp³-hybridized carbons (Fsp3) is 0.265. The number of esters is 1. The zero-order valence-corrected chi connectivity index (χ0v) is 26.3. The molecule has 1 atom stereocenters. The third-order valence-electron chi connectivity index (χ3n) is 7.26. The predicted octanol–water partition coefficient (Wildman–Crippen LogP) is 6.16. The fourth-order valence-electron chi connectivity index (χ4n) is 4.99. The summed E-state index contributed by atoms with van der Waals surface area (Å²) in [4.78, 5) is 32.3. The molecule has 0 spiro atoms. The number of halogens is 1. The van der Waals surface area contributed by atoms with E-state index in [1.807, 2.05) is 60.7 Å². The number of carbonyl (C=O) groups excluding carboxylic acids is 1. The second-order valence-electron chi connectivity index (χ2n) is 10.4. The highest BCUT2D eigenvalue weighted by Crippen LogP contribution is 2.32. The number of nitrogens with zero attached hydrogens (tertiary/aromatic N) is 2. The molecular formula is C34H33ClN2O5S. The Morgan fingerprint density at radius 3 is 2.51 bits per heavy atom. The average Bonchev–Trinajstić information content (AvgIpc) is 3.30. The lowest BCUT2D eigenvalue weighted by Crippen LogP contribution is -2.39. The van der Waals surface area contributed by atoms with Crippen molar-refractivity contribution in [2.24, 2.45) is 4.99 Å². The Labute approximate surface area is 259 Å². The minimum Gasteiger partial charge on any atom is -0.493 e. The number of fused-ring (bicyclic) bond motifs is 1. The zero-order chi connectivity index (χ0) is 30.7. The summed E-state index contributed by atoms with van der Waals surface area (Å²) >= 11 is 7.55. The topological polar surface area (TPSA) is 79.1 Å². The van der Waals surface area contributed by atoms with Gasteiger partial charge in [0.05, 0.1) is 35.6 Å². The molecule has 0 amide bonds. The Kier molecular flexibility index (Phi) is 9.18. The van der Waals surface area contributed by atoms with E-state index in [0.29, 0.717) is 43.0 Å². The lowest BCUT2D eigenvalue weighted by molar-refractivity contribution is -0.139. The Balaban J connectivity index is 1.55. The van der Waals surface area contributed by atoms with Gasteiger partial charge in [0, 0.05) is 10.6 Å². The van der Waals surface area contributed by atoms with Crippen LogP contribution in [0.3, 0.4) is 0 Å². The quantitative estimate of drug-likeness (QED) is 0.210. The number of rotatable bonds is 9. The Hall–Kier alpha value is -4.14. The third kappa shape index (κ3) is 6.31. The maximum Gasteiger partial charge on any atom is 0.338 e. The standard InChI is InChI=1S/C34H33ClN2O5S/c1-6-41-33(39)30-21(4)36-34-37(31(30)24-14-12-23(13-15-24)20(2)3)32(38)29(43-34)18-22-11-16-27(28(17-22)40-5)42-19-25-9-7-8-10-26(25)35/h7-18,20,31H,6,19H2,1-5H3/b29-18-/t31-/m0/s1. The number of carbonyl (C=O) groups is 1. The van der Waals surface area contributed by atoms with Crippen molar-refractivity contribution in [3.8, 4) is 11.5 Å². The molecule has 0 N–H and O–H groups in total. The van der Waals surface area contributed by atoms with Crippen LogP contribution in [-0.2, 0) is 16.1 Å². The molecule has 9 heteroatoms. The van der Waals surface area contributed by atoms with Crippen LogP contribution in [0.5, 0.6) is 11.5 Å². The van der Waals surface area contributed by atoms with Crippen LogP contribution >= 0.6 is 22.9 Å². The normalized spacial score (nSPS) is 14.9. The van der Waals surface area contributed by atoms with Gasteiger partial charge in [-0.1, -0.05) is 85.3 Å². The molecule has 0 unspecified atom stereocenters. The molecular weight excluding hydrogens is 584 g/mol. The molecule has 0 fully saturated rings. The molecule has 1 aliphatic rings. The van der Waals surface area contributed by atoms with Crippen molar-refractivity contribution in [1.82, 2.24) is 4.57 Å². The van der Waals surface area contributed by atoms with Gasteiger partial charge in [-0.05, 0) is 60.7 Å². The lowest BCUT2D eigenvalue weighted by Gasteiger charge is -2.25. The van der Waals surface area contributed by atoms with Gasteiger partial charge < -0.3 is 14.2 Å². The van der Waals surface area contributed by atoms with Crippen LogP contribution in [0, 0.1) is 0 Å². The van der Waals surface area contributed by atoms with Crippen LogP contribution in [0.25, 0.3) is 6.08 Å². The fourth-order valence-corrected chi connectivity index (χ4v) is 6.22. The third-order valence-corrected chi connectivity index (χ3v) is 8.61. The molecule has 1 aliphatic heterocycles. The summed E-state index contributed by atoms with van der Waals surface area (Å²) in [6.07, 6.45) is 1.80. The van der Waals surface area contributed by atoms with E-state index < -0.39 is 12.0 Å². The molecule has 5 rings (SSSR count). The van der Waals surface area contributed by atoms with Gasteiger partial charge in [0.2, 0.25) is 0 Å². The van der Waals surface area contributed by atoms with E-state index in [2.05, 4.69) is 18.8 Å². The summed E-state index contributed by atoms with van der Waals surface area (Å²) in [5.41, 5.74) is 4.26. The van der Waals surface area contributed by atoms with E-state index in [1.165, 1.54) is 16.9 Å². The maximum atomic E-state index is 14.0. The smallest absolute Gasteiger partial charge is 0.338 e. The first-order valence-corrected chi connectivity index (χ1v) is 15.2. The first kappa shape index (κ1) is 30.3. The number of allylic oxidation sites excluding steroid dienone is 1. The Morgan fingerprint density at radius 2 is 1.84 bits per heavy atom. The molecule has 0 saturated heterocycles. The first-order valence-electron chi connectivity index (χ1n) is 14.1. The number of benzene rings is 3. The summed E-state index contributed by atoms with van der Waals surface area (Å²) in [6, 6.07) is 20.3. The minimum absolute atomic E-state index is 0.221. The van der Waals surface area contributed by atoms with Crippen molar-refractivity contribution in [2.75, 3.05) is 13.7 Å². The Morgan fingerprint density at radius 1 is 1.09 bits per heavy atom. The zero-order valence-electron chi connectivity index (χ0n) is 24.7. The van der Waals surface area contributed by atoms with E-state index in [9.17, 15) is 9.59 Å². The summed E-state index contributed by atoms with van der Waals surface area (Å²) in [5, 5.41) is 0.629. The van der Waals surface area contributed by atoms with Gasteiger partial charge in [0.1, 0.15) is 6.61 Å². The van der Waals surface area contributed by atoms with Crippen LogP contribution in [0.15, 0.2) is 87.8 Å². The van der Waals surface area contributed by atoms with Crippen molar-refractivity contribution in [3.63, 3.8) is 0 Å². The van der Waals surface area contributed by atoms with Crippen molar-refractivity contribution in [1.29, 1.82) is 0 Å². The molecule has 0 radical (unpaired) electrons. The van der Waals surface area contributed by atoms with Gasteiger partial charge in [-0.25, -0.2) is 9.79 Å². The second kappa shape index (κ2) is 13.0. The summed E-state index contributed by atoms with van der Waals surface area (Å²) in [5.74, 6) is 0.952. The van der Waals surface area contributed by atoms with Gasteiger partial charge in [-0.2, -0.15) is 0 Å². The summed E-state index contributed by atoms with van der Waals surface area (Å²) in [7, 11) is 1.57. The van der Waals surface area contributed by atoms with Crippen LogP contribution in [0.4, 0.5) is 0 Å². The van der Waals surface area contributed by atoms with Gasteiger partial charge in [-0.15, -0.1) is 0 Å². The van der Waals surface area contributed by atoms with E-state index in [-0.39, 0.29) is 18.8 Å². The molecule has 43 heavy (non-hydrogen) atoms. The first-order chi connectivity index (χ1) is 20.7. The minimum atomic E-state index is -0.659. The highest BCUT2D eigenvalue weighted by atomic mass is 35.5. The molecule has 3 aromatic carbocycles. The van der Waals surface area contributed by atoms with E-state index >= 15 is 0 Å². The number of methoxy groups -OCH3 is 1. The van der Waals surface area contributed by atoms with Gasteiger partial charge >= 0.3 is 5.97 Å². The molecule has 0 saturated carbocycles. The highest BCUT2D eigenvalue weighted by Gasteiger charge is 2.33. The largest absolute Gasteiger partial charge is 0.493 e. The van der Waals surface area contributed by atoms with Gasteiger partial charge in [-0.3, -0.25) is 9.36 Å². The van der Waals surface area contributed by atoms with Gasteiger partial charge in [0.15, 0.2) is 16.3 Å². The molecule has 222 valence electrons. The predicted molar refractivity (Wildman–Crippen MR) is 170 cm³/mol. The lowest BCUT2D eigenvalue weighted by atomic mass is 9.93. The molecule has 1 aromatic heterocycles. The summed E-state index contributed by atoms with van der Waals surface area (Å²) < 4.78 is 19.1. The van der Waals surface area contributed by atoms with Crippen molar-refractivity contribution in [3.05, 3.63) is 125 Å². The van der Waals surface area contributed by atoms with E-state index in [0.717, 1.165) is 16.7 Å². The maximum absolute atomic E-state index is 14.0. The number of hydrogen-bond donors (Lipinski definition) is 0. The highest BCUT2D eigenvalue weighted by molar-refractivity contribution is 7.07. The number of hydrogen-bond acceptors (Lipinski definition) is 7. The monoisotopic (exact) mass is 616 g/mol. The summed E-state index contributed by atoms with van der Waals surface area (Å²) in [6.45, 7) is 8.30. The van der Waals surface area contributed by atoms with Crippen LogP contribution in [0.2, 0.25) is 5.02 Å².